The third-order valence-corrected chi connectivity index (χ3v) is 3.57. The van der Waals surface area contributed by atoms with Gasteiger partial charge in [-0.1, -0.05) is 0 Å². The Morgan fingerprint density at radius 3 is 2.21 bits per heavy atom. The molecule has 3 rings (SSSR count). The average molecular weight is 404 g/mol. The predicted molar refractivity (Wildman–Crippen MR) is 93.6 cm³/mol. The number of carbonyl (C=O) groups is 3. The lowest BCUT2D eigenvalue weighted by molar-refractivity contribution is -0.134. The summed E-state index contributed by atoms with van der Waals surface area (Å²) in [7, 11) is 0. The standard InChI is InChI=1S/C18H14F2N4O5/c19-11-6-10(7-12(20)8-11)13-3-4-15(29-13)18(27)23-24(16(25)9-21)22-17(26)14-2-1-5-28-14/h1-8H,9,21H2,(H,22,26)(H,23,27). The summed E-state index contributed by atoms with van der Waals surface area (Å²) >= 11 is 0. The molecule has 150 valence electrons. The number of furan rings is 2. The highest BCUT2D eigenvalue weighted by molar-refractivity contribution is 5.96. The molecule has 3 aromatic rings. The minimum Gasteiger partial charge on any atom is -0.459 e. The number of amides is 3. The highest BCUT2D eigenvalue weighted by Gasteiger charge is 2.22. The summed E-state index contributed by atoms with van der Waals surface area (Å²) in [4.78, 5) is 36.3. The van der Waals surface area contributed by atoms with Crippen molar-refractivity contribution < 1.29 is 32.0 Å². The molecule has 0 aliphatic rings. The third-order valence-electron chi connectivity index (χ3n) is 3.57. The van der Waals surface area contributed by atoms with Gasteiger partial charge >= 0.3 is 11.8 Å². The van der Waals surface area contributed by atoms with Crippen LogP contribution in [0.5, 0.6) is 0 Å². The smallest absolute Gasteiger partial charge is 0.307 e. The van der Waals surface area contributed by atoms with Crippen LogP contribution in [-0.2, 0) is 4.79 Å². The van der Waals surface area contributed by atoms with Crippen molar-refractivity contribution in [1.29, 1.82) is 0 Å². The van der Waals surface area contributed by atoms with E-state index < -0.39 is 35.9 Å². The molecule has 0 saturated carbocycles. The van der Waals surface area contributed by atoms with Gasteiger partial charge in [-0.3, -0.25) is 14.4 Å². The van der Waals surface area contributed by atoms with Gasteiger partial charge < -0.3 is 14.6 Å². The Morgan fingerprint density at radius 1 is 0.966 bits per heavy atom. The maximum absolute atomic E-state index is 13.4. The van der Waals surface area contributed by atoms with Gasteiger partial charge in [-0.2, -0.15) is 5.12 Å². The molecule has 11 heteroatoms. The van der Waals surface area contributed by atoms with Gasteiger partial charge in [0, 0.05) is 11.6 Å². The van der Waals surface area contributed by atoms with Crippen LogP contribution in [0.3, 0.4) is 0 Å². The second-order valence-corrected chi connectivity index (χ2v) is 5.61. The first kappa shape index (κ1) is 19.8. The van der Waals surface area contributed by atoms with E-state index in [1.807, 2.05) is 0 Å². The second-order valence-electron chi connectivity index (χ2n) is 5.61. The highest BCUT2D eigenvalue weighted by atomic mass is 19.1. The first-order valence-electron chi connectivity index (χ1n) is 8.12. The molecular weight excluding hydrogens is 390 g/mol. The minimum absolute atomic E-state index is 0.0184. The fourth-order valence-electron chi connectivity index (χ4n) is 2.28. The van der Waals surface area contributed by atoms with Crippen molar-refractivity contribution in [3.05, 3.63) is 71.9 Å². The number of halogens is 2. The zero-order chi connectivity index (χ0) is 21.0. The maximum Gasteiger partial charge on any atom is 0.307 e. The molecule has 2 heterocycles. The summed E-state index contributed by atoms with van der Waals surface area (Å²) < 4.78 is 36.9. The molecule has 1 aromatic carbocycles. The molecule has 29 heavy (non-hydrogen) atoms. The lowest BCUT2D eigenvalue weighted by atomic mass is 10.1. The summed E-state index contributed by atoms with van der Waals surface area (Å²) in [6.45, 7) is -0.523. The molecule has 0 bridgehead atoms. The fraction of sp³-hybridized carbons (Fsp3) is 0.0556. The number of nitrogens with zero attached hydrogens (tertiary/aromatic N) is 1. The predicted octanol–water partition coefficient (Wildman–Crippen LogP) is 1.59. The van der Waals surface area contributed by atoms with Gasteiger partial charge in [-0.15, -0.1) is 0 Å². The Labute approximate surface area is 162 Å². The quantitative estimate of drug-likeness (QED) is 0.566. The molecule has 0 saturated heterocycles. The van der Waals surface area contributed by atoms with Gasteiger partial charge in [0.25, 0.3) is 5.91 Å². The monoisotopic (exact) mass is 404 g/mol. The van der Waals surface area contributed by atoms with Gasteiger partial charge in [0.05, 0.1) is 12.8 Å². The molecule has 0 aliphatic heterocycles. The molecule has 0 atom stereocenters. The van der Waals surface area contributed by atoms with Crippen LogP contribution in [0.2, 0.25) is 0 Å². The van der Waals surface area contributed by atoms with Gasteiger partial charge in [-0.05, 0) is 36.4 Å². The molecule has 2 aromatic heterocycles. The minimum atomic E-state index is -0.922. The van der Waals surface area contributed by atoms with E-state index >= 15 is 0 Å². The highest BCUT2D eigenvalue weighted by Crippen LogP contribution is 2.24. The Hall–Kier alpha value is -3.99. The average Bonchev–Trinajstić information content (AvgIpc) is 3.37. The van der Waals surface area contributed by atoms with Gasteiger partial charge in [0.15, 0.2) is 11.5 Å². The van der Waals surface area contributed by atoms with Crippen LogP contribution in [0.15, 0.2) is 57.6 Å². The molecule has 0 aliphatic carbocycles. The van der Waals surface area contributed by atoms with Crippen LogP contribution in [0.1, 0.15) is 21.1 Å². The van der Waals surface area contributed by atoms with Crippen LogP contribution in [0.4, 0.5) is 8.78 Å². The summed E-state index contributed by atoms with van der Waals surface area (Å²) in [5.41, 5.74) is 9.59. The van der Waals surface area contributed by atoms with Gasteiger partial charge in [0.2, 0.25) is 0 Å². The number of rotatable bonds is 4. The van der Waals surface area contributed by atoms with E-state index in [9.17, 15) is 23.2 Å². The Balaban J connectivity index is 1.75. The molecule has 0 fully saturated rings. The third kappa shape index (κ3) is 4.65. The number of hydrazine groups is 2. The van der Waals surface area contributed by atoms with Crippen molar-refractivity contribution in [1.82, 2.24) is 16.0 Å². The Bertz CT molecular complexity index is 1030. The number of hydrogen-bond acceptors (Lipinski definition) is 6. The van der Waals surface area contributed by atoms with Crippen LogP contribution in [0, 0.1) is 11.6 Å². The van der Waals surface area contributed by atoms with Crippen LogP contribution >= 0.6 is 0 Å². The molecule has 9 nitrogen and oxygen atoms in total. The van der Waals surface area contributed by atoms with E-state index in [2.05, 4.69) is 10.9 Å². The van der Waals surface area contributed by atoms with Crippen molar-refractivity contribution in [2.24, 2.45) is 5.73 Å². The Morgan fingerprint density at radius 2 is 1.62 bits per heavy atom. The van der Waals surface area contributed by atoms with Crippen molar-refractivity contribution in [2.45, 2.75) is 0 Å². The molecule has 0 spiro atoms. The number of carbonyl (C=O) groups excluding carboxylic acids is 3. The van der Waals surface area contributed by atoms with E-state index in [4.69, 9.17) is 14.6 Å². The Kier molecular flexibility index (Phi) is 5.69. The fourth-order valence-corrected chi connectivity index (χ4v) is 2.28. The largest absolute Gasteiger partial charge is 0.459 e. The van der Waals surface area contributed by atoms with Crippen LogP contribution < -0.4 is 16.6 Å². The second kappa shape index (κ2) is 8.35. The van der Waals surface area contributed by atoms with E-state index in [-0.39, 0.29) is 22.8 Å². The normalized spacial score (nSPS) is 10.4. The summed E-state index contributed by atoms with van der Waals surface area (Å²) in [6.07, 6.45) is 1.25. The number of hydrogen-bond donors (Lipinski definition) is 3. The molecule has 4 N–H and O–H groups in total. The summed E-state index contributed by atoms with van der Waals surface area (Å²) in [5.74, 6) is -4.58. The molecule has 3 amide bonds. The van der Waals surface area contributed by atoms with Gasteiger partial charge in [-0.25, -0.2) is 19.6 Å². The van der Waals surface area contributed by atoms with Crippen molar-refractivity contribution in [2.75, 3.05) is 6.54 Å². The lowest BCUT2D eigenvalue weighted by Gasteiger charge is -2.21. The van der Waals surface area contributed by atoms with Crippen molar-refractivity contribution in [3.63, 3.8) is 0 Å². The van der Waals surface area contributed by atoms with Crippen LogP contribution in [0.25, 0.3) is 11.3 Å². The van der Waals surface area contributed by atoms with E-state index in [1.54, 1.807) is 0 Å². The van der Waals surface area contributed by atoms with E-state index in [0.29, 0.717) is 11.2 Å². The first-order valence-corrected chi connectivity index (χ1v) is 8.12. The number of nitrogens with one attached hydrogen (secondary N) is 2. The van der Waals surface area contributed by atoms with Crippen LogP contribution in [-0.4, -0.2) is 29.4 Å². The number of nitrogens with two attached hydrogens (primary N) is 1. The lowest BCUT2D eigenvalue weighted by Crippen LogP contribution is -2.57. The van der Waals surface area contributed by atoms with E-state index in [0.717, 1.165) is 12.1 Å². The maximum atomic E-state index is 13.4. The van der Waals surface area contributed by atoms with Gasteiger partial charge in [0.1, 0.15) is 17.4 Å². The zero-order valence-corrected chi connectivity index (χ0v) is 14.6. The first-order chi connectivity index (χ1) is 13.9. The molecular formula is C18H14F2N4O5. The number of benzene rings is 1. The molecule has 0 unspecified atom stereocenters. The SMILES string of the molecule is NCC(=O)N(NC(=O)c1ccco1)NC(=O)c1ccc(-c2cc(F)cc(F)c2)o1. The van der Waals surface area contributed by atoms with E-state index in [1.165, 1.54) is 30.5 Å². The zero-order valence-electron chi connectivity index (χ0n) is 14.6. The molecule has 0 radical (unpaired) electrons. The van der Waals surface area contributed by atoms with Crippen molar-refractivity contribution in [3.8, 4) is 11.3 Å². The topological polar surface area (TPSA) is 131 Å². The summed E-state index contributed by atoms with van der Waals surface area (Å²) in [5, 5.41) is 0.483. The summed E-state index contributed by atoms with van der Waals surface area (Å²) in [6, 6.07) is 8.10. The van der Waals surface area contributed by atoms with Crippen molar-refractivity contribution >= 4 is 17.7 Å².